The highest BCUT2D eigenvalue weighted by atomic mass is 16.2. The maximum atomic E-state index is 12.7. The summed E-state index contributed by atoms with van der Waals surface area (Å²) in [4.78, 5) is 20.1. The number of hydrogen-bond donors (Lipinski definition) is 1. The smallest absolute Gasteiger partial charge is 0.255 e. The Balaban J connectivity index is 1.81. The molecule has 1 aromatic heterocycles. The number of carbonyl (C=O) groups excluding carboxylic acids is 1. The van der Waals surface area contributed by atoms with E-state index in [1.165, 1.54) is 19.3 Å². The van der Waals surface area contributed by atoms with Crippen LogP contribution in [-0.2, 0) is 0 Å². The highest BCUT2D eigenvalue weighted by Gasteiger charge is 2.40. The van der Waals surface area contributed by atoms with Crippen LogP contribution in [0, 0.1) is 0 Å². The lowest BCUT2D eigenvalue weighted by atomic mass is 9.75. The molecule has 1 N–H and O–H groups in total. The highest BCUT2D eigenvalue weighted by molar-refractivity contribution is 6.06. The predicted octanol–water partition coefficient (Wildman–Crippen LogP) is 2.72. The van der Waals surface area contributed by atoms with E-state index in [-0.39, 0.29) is 11.4 Å². The van der Waals surface area contributed by atoms with Gasteiger partial charge in [0.2, 0.25) is 0 Å². The lowest BCUT2D eigenvalue weighted by Crippen LogP contribution is -2.57. The van der Waals surface area contributed by atoms with Crippen molar-refractivity contribution in [3.8, 4) is 0 Å². The van der Waals surface area contributed by atoms with Crippen LogP contribution in [0.2, 0.25) is 0 Å². The molecule has 2 aromatic rings. The molecule has 4 nitrogen and oxygen atoms in total. The van der Waals surface area contributed by atoms with Gasteiger partial charge in [0.15, 0.2) is 0 Å². The Bertz CT molecular complexity index is 655. The first kappa shape index (κ1) is 14.1. The van der Waals surface area contributed by atoms with E-state index in [0.717, 1.165) is 23.0 Å². The summed E-state index contributed by atoms with van der Waals surface area (Å²) in [5, 5.41) is 1.00. The minimum absolute atomic E-state index is 0.0978. The van der Waals surface area contributed by atoms with Gasteiger partial charge in [-0.15, -0.1) is 0 Å². The van der Waals surface area contributed by atoms with Gasteiger partial charge >= 0.3 is 0 Å². The van der Waals surface area contributed by atoms with E-state index in [2.05, 4.69) is 24.0 Å². The maximum Gasteiger partial charge on any atom is 0.255 e. The minimum atomic E-state index is 0.0978. The fourth-order valence-corrected chi connectivity index (χ4v) is 3.30. The molecule has 0 radical (unpaired) electrons. The molecule has 0 atom stereocenters. The average molecular weight is 285 g/mol. The van der Waals surface area contributed by atoms with Crippen molar-refractivity contribution in [2.45, 2.75) is 24.8 Å². The molecule has 112 valence electrons. The van der Waals surface area contributed by atoms with Gasteiger partial charge in [-0.05, 0) is 39.4 Å². The Kier molecular flexibility index (Phi) is 3.49. The van der Waals surface area contributed by atoms with Crippen LogP contribution in [0.25, 0.3) is 10.9 Å². The molecule has 1 fully saturated rings. The first-order chi connectivity index (χ1) is 10.0. The number of rotatable bonds is 4. The van der Waals surface area contributed by atoms with Crippen molar-refractivity contribution in [2.24, 2.45) is 0 Å². The molecule has 4 heteroatoms. The number of aromatic amines is 1. The Morgan fingerprint density at radius 3 is 2.57 bits per heavy atom. The van der Waals surface area contributed by atoms with E-state index >= 15 is 0 Å². The van der Waals surface area contributed by atoms with Crippen molar-refractivity contribution in [1.82, 2.24) is 14.8 Å². The molecule has 0 bridgehead atoms. The van der Waals surface area contributed by atoms with Crippen molar-refractivity contribution in [1.29, 1.82) is 0 Å². The monoisotopic (exact) mass is 285 g/mol. The second kappa shape index (κ2) is 5.19. The van der Waals surface area contributed by atoms with Crippen molar-refractivity contribution >= 4 is 16.8 Å². The summed E-state index contributed by atoms with van der Waals surface area (Å²) in [5.74, 6) is 0.0978. The molecule has 21 heavy (non-hydrogen) atoms. The zero-order valence-electron chi connectivity index (χ0n) is 13.0. The van der Waals surface area contributed by atoms with Gasteiger partial charge in [-0.25, -0.2) is 0 Å². The fourth-order valence-electron chi connectivity index (χ4n) is 3.30. The summed E-state index contributed by atoms with van der Waals surface area (Å²) in [5.41, 5.74) is 1.94. The van der Waals surface area contributed by atoms with Crippen molar-refractivity contribution < 1.29 is 4.79 Å². The van der Waals surface area contributed by atoms with Crippen LogP contribution in [0.3, 0.4) is 0 Å². The Morgan fingerprint density at radius 1 is 1.24 bits per heavy atom. The van der Waals surface area contributed by atoms with Crippen LogP contribution in [0.1, 0.15) is 29.6 Å². The molecular formula is C17H23N3O. The topological polar surface area (TPSA) is 39.3 Å². The van der Waals surface area contributed by atoms with Crippen LogP contribution in [-0.4, -0.2) is 53.9 Å². The molecule has 0 unspecified atom stereocenters. The lowest BCUT2D eigenvalue weighted by molar-refractivity contribution is 0.0253. The van der Waals surface area contributed by atoms with E-state index in [1.807, 2.05) is 42.4 Å². The number of likely N-dealkylation sites (N-methyl/N-ethyl adjacent to an activating group) is 2. The average Bonchev–Trinajstić information content (AvgIpc) is 2.85. The number of carbonyl (C=O) groups is 1. The predicted molar refractivity (Wildman–Crippen MR) is 85.5 cm³/mol. The molecule has 1 heterocycles. The van der Waals surface area contributed by atoms with Gasteiger partial charge < -0.3 is 14.8 Å². The standard InChI is InChI=1S/C17H23N3O/c1-19(2)17(9-6-10-17)12-20(3)16(21)14-11-18-15-8-5-4-7-13(14)15/h4-5,7-8,11,18H,6,9-10,12H2,1-3H3. The van der Waals surface area contributed by atoms with E-state index in [9.17, 15) is 4.79 Å². The van der Waals surface area contributed by atoms with Crippen LogP contribution in [0.5, 0.6) is 0 Å². The zero-order chi connectivity index (χ0) is 15.0. The van der Waals surface area contributed by atoms with E-state index in [0.29, 0.717) is 0 Å². The molecule has 1 aromatic carbocycles. The summed E-state index contributed by atoms with van der Waals surface area (Å²) in [6, 6.07) is 7.95. The zero-order valence-corrected chi connectivity index (χ0v) is 13.0. The molecule has 1 saturated carbocycles. The van der Waals surface area contributed by atoms with Gasteiger partial charge in [-0.2, -0.15) is 0 Å². The summed E-state index contributed by atoms with van der Waals surface area (Å²) < 4.78 is 0. The first-order valence-electron chi connectivity index (χ1n) is 7.52. The van der Waals surface area contributed by atoms with Crippen molar-refractivity contribution in [3.05, 3.63) is 36.0 Å². The summed E-state index contributed by atoms with van der Waals surface area (Å²) >= 11 is 0. The summed E-state index contributed by atoms with van der Waals surface area (Å²) in [6.45, 7) is 0.790. The van der Waals surface area contributed by atoms with Gasteiger partial charge in [0.25, 0.3) is 5.91 Å². The molecule has 1 aliphatic carbocycles. The Hall–Kier alpha value is -1.81. The third-order valence-corrected chi connectivity index (χ3v) is 4.93. The number of aromatic nitrogens is 1. The van der Waals surface area contributed by atoms with Crippen LogP contribution in [0.4, 0.5) is 0 Å². The van der Waals surface area contributed by atoms with E-state index < -0.39 is 0 Å². The van der Waals surface area contributed by atoms with Gasteiger partial charge in [0.1, 0.15) is 0 Å². The molecule has 0 spiro atoms. The lowest BCUT2D eigenvalue weighted by Gasteiger charge is -2.49. The molecule has 3 rings (SSSR count). The van der Waals surface area contributed by atoms with Gasteiger partial charge in [-0.3, -0.25) is 4.79 Å². The number of H-pyrrole nitrogens is 1. The number of nitrogens with zero attached hydrogens (tertiary/aromatic N) is 2. The number of fused-ring (bicyclic) bond motifs is 1. The van der Waals surface area contributed by atoms with Crippen molar-refractivity contribution in [3.63, 3.8) is 0 Å². The third kappa shape index (κ3) is 2.33. The molecule has 0 aliphatic heterocycles. The number of hydrogen-bond acceptors (Lipinski definition) is 2. The van der Waals surface area contributed by atoms with Gasteiger partial charge in [-0.1, -0.05) is 18.2 Å². The normalized spacial score (nSPS) is 17.0. The SMILES string of the molecule is CN(CC1(N(C)C)CCC1)C(=O)c1c[nH]c2ccccc12. The minimum Gasteiger partial charge on any atom is -0.360 e. The number of nitrogens with one attached hydrogen (secondary N) is 1. The Morgan fingerprint density at radius 2 is 1.95 bits per heavy atom. The second-order valence-electron chi connectivity index (χ2n) is 6.38. The number of amides is 1. The maximum absolute atomic E-state index is 12.7. The molecular weight excluding hydrogens is 262 g/mol. The Labute approximate surface area is 125 Å². The molecule has 1 aliphatic rings. The van der Waals surface area contributed by atoms with E-state index in [1.54, 1.807) is 0 Å². The molecule has 1 amide bonds. The van der Waals surface area contributed by atoms with E-state index in [4.69, 9.17) is 0 Å². The number of benzene rings is 1. The quantitative estimate of drug-likeness (QED) is 0.938. The largest absolute Gasteiger partial charge is 0.360 e. The molecule has 0 saturated heterocycles. The van der Waals surface area contributed by atoms with Crippen LogP contribution >= 0.6 is 0 Å². The fraction of sp³-hybridized carbons (Fsp3) is 0.471. The van der Waals surface area contributed by atoms with Gasteiger partial charge in [0.05, 0.1) is 5.56 Å². The number of para-hydroxylation sites is 1. The van der Waals surface area contributed by atoms with Gasteiger partial charge in [0, 0.05) is 36.2 Å². The van der Waals surface area contributed by atoms with Crippen LogP contribution < -0.4 is 0 Å². The van der Waals surface area contributed by atoms with Crippen LogP contribution in [0.15, 0.2) is 30.5 Å². The third-order valence-electron chi connectivity index (χ3n) is 4.93. The van der Waals surface area contributed by atoms with Crippen molar-refractivity contribution in [2.75, 3.05) is 27.7 Å². The summed E-state index contributed by atoms with van der Waals surface area (Å²) in [6.07, 6.45) is 5.43. The summed E-state index contributed by atoms with van der Waals surface area (Å²) in [7, 11) is 6.14. The first-order valence-corrected chi connectivity index (χ1v) is 7.52. The highest BCUT2D eigenvalue weighted by Crippen LogP contribution is 2.37. The second-order valence-corrected chi connectivity index (χ2v) is 6.38.